The molecule has 0 radical (unpaired) electrons. The van der Waals surface area contributed by atoms with Crippen LogP contribution in [0.5, 0.6) is 0 Å². The molecule has 0 saturated heterocycles. The molecule has 0 atom stereocenters. The highest BCUT2D eigenvalue weighted by Crippen LogP contribution is 2.31. The van der Waals surface area contributed by atoms with Gasteiger partial charge in [0, 0.05) is 17.8 Å². The summed E-state index contributed by atoms with van der Waals surface area (Å²) in [7, 11) is 0. The van der Waals surface area contributed by atoms with Crippen molar-refractivity contribution in [2.45, 2.75) is 20.3 Å². The van der Waals surface area contributed by atoms with Gasteiger partial charge in [0.15, 0.2) is 0 Å². The predicted octanol–water partition coefficient (Wildman–Crippen LogP) is 5.26. The first-order chi connectivity index (χ1) is 11.5. The average molecular weight is 339 g/mol. The van der Waals surface area contributed by atoms with Gasteiger partial charge in [-0.25, -0.2) is 4.79 Å². The monoisotopic (exact) mass is 339 g/mol. The summed E-state index contributed by atoms with van der Waals surface area (Å²) in [5, 5.41) is 15.9. The number of hydrogen-bond donors (Lipinski definition) is 2. The van der Waals surface area contributed by atoms with Gasteiger partial charge in [0.25, 0.3) is 0 Å². The molecule has 0 amide bonds. The lowest BCUT2D eigenvalue weighted by atomic mass is 10.0. The molecule has 2 N–H and O–H groups in total. The number of aromatic carboxylic acids is 1. The molecule has 0 spiro atoms. The molecule has 0 aliphatic carbocycles. The smallest absolute Gasteiger partial charge is 0.338 e. The summed E-state index contributed by atoms with van der Waals surface area (Å²) in [4.78, 5) is 12.6. The lowest BCUT2D eigenvalue weighted by molar-refractivity contribution is 0.0698. The molecular formula is C20H21NO2S. The Morgan fingerprint density at radius 1 is 1.17 bits per heavy atom. The Morgan fingerprint density at radius 2 is 1.92 bits per heavy atom. The molecule has 3 aromatic rings. The number of carboxylic acids is 1. The van der Waals surface area contributed by atoms with Crippen molar-refractivity contribution in [3.63, 3.8) is 0 Å². The van der Waals surface area contributed by atoms with Gasteiger partial charge in [-0.3, -0.25) is 0 Å². The number of carboxylic acid groups (broad SMARTS) is 1. The maximum absolute atomic E-state index is 11.5. The van der Waals surface area contributed by atoms with Crippen molar-refractivity contribution in [3.8, 4) is 0 Å². The highest BCUT2D eigenvalue weighted by atomic mass is 32.1. The summed E-state index contributed by atoms with van der Waals surface area (Å²) in [6.45, 7) is 4.99. The molecular weight excluding hydrogens is 318 g/mol. The van der Waals surface area contributed by atoms with Gasteiger partial charge in [0.1, 0.15) is 5.00 Å². The van der Waals surface area contributed by atoms with Gasteiger partial charge >= 0.3 is 5.97 Å². The van der Waals surface area contributed by atoms with Crippen LogP contribution < -0.4 is 5.32 Å². The van der Waals surface area contributed by atoms with Crippen molar-refractivity contribution in [2.75, 3.05) is 11.9 Å². The van der Waals surface area contributed by atoms with Crippen LogP contribution in [-0.2, 0) is 6.42 Å². The lowest BCUT2D eigenvalue weighted by Crippen LogP contribution is -2.09. The van der Waals surface area contributed by atoms with E-state index < -0.39 is 5.97 Å². The Bertz CT molecular complexity index is 862. The fraction of sp³-hybridized carbons (Fsp3) is 0.250. The first-order valence-corrected chi connectivity index (χ1v) is 8.92. The van der Waals surface area contributed by atoms with Crippen molar-refractivity contribution < 1.29 is 9.90 Å². The molecule has 0 aliphatic rings. The van der Waals surface area contributed by atoms with Gasteiger partial charge in [0.05, 0.1) is 5.56 Å². The van der Waals surface area contributed by atoms with E-state index in [0.717, 1.165) is 22.8 Å². The zero-order valence-electron chi connectivity index (χ0n) is 13.9. The number of thiophene rings is 1. The summed E-state index contributed by atoms with van der Waals surface area (Å²) in [6, 6.07) is 16.4. The van der Waals surface area contributed by atoms with E-state index in [4.69, 9.17) is 0 Å². The van der Waals surface area contributed by atoms with E-state index in [2.05, 4.69) is 49.5 Å². The Balaban J connectivity index is 1.92. The molecule has 0 aliphatic heterocycles. The van der Waals surface area contributed by atoms with Crippen LogP contribution in [0.1, 0.15) is 34.6 Å². The fourth-order valence-corrected chi connectivity index (χ4v) is 3.83. The van der Waals surface area contributed by atoms with E-state index >= 15 is 0 Å². The van der Waals surface area contributed by atoms with Crippen LogP contribution >= 0.6 is 11.3 Å². The molecule has 0 bridgehead atoms. The number of nitrogens with one attached hydrogen (secondary N) is 1. The topological polar surface area (TPSA) is 49.3 Å². The van der Waals surface area contributed by atoms with Crippen molar-refractivity contribution in [3.05, 3.63) is 64.5 Å². The highest BCUT2D eigenvalue weighted by molar-refractivity contribution is 7.16. The predicted molar refractivity (Wildman–Crippen MR) is 101 cm³/mol. The fourth-order valence-electron chi connectivity index (χ4n) is 2.75. The third-order valence-corrected chi connectivity index (χ3v) is 5.02. The van der Waals surface area contributed by atoms with E-state index in [1.54, 1.807) is 17.4 Å². The SMILES string of the molecule is CC(C)CNc1sc(Cc2cccc3ccccc23)cc1C(=O)O. The average Bonchev–Trinajstić information content (AvgIpc) is 2.96. The third kappa shape index (κ3) is 3.60. The maximum atomic E-state index is 11.5. The quantitative estimate of drug-likeness (QED) is 0.644. The summed E-state index contributed by atoms with van der Waals surface area (Å²) in [5.41, 5.74) is 1.59. The molecule has 0 fully saturated rings. The third-order valence-electron chi connectivity index (χ3n) is 3.93. The van der Waals surface area contributed by atoms with Crippen LogP contribution in [0.25, 0.3) is 10.8 Å². The van der Waals surface area contributed by atoms with Crippen LogP contribution in [-0.4, -0.2) is 17.6 Å². The summed E-state index contributed by atoms with van der Waals surface area (Å²) in [6.07, 6.45) is 0.746. The van der Waals surface area contributed by atoms with Crippen molar-refractivity contribution in [2.24, 2.45) is 5.92 Å². The zero-order valence-corrected chi connectivity index (χ0v) is 14.7. The van der Waals surface area contributed by atoms with Crippen molar-refractivity contribution in [1.29, 1.82) is 0 Å². The largest absolute Gasteiger partial charge is 0.478 e. The molecule has 1 aromatic heterocycles. The minimum Gasteiger partial charge on any atom is -0.478 e. The number of carbonyl (C=O) groups is 1. The number of rotatable bonds is 6. The van der Waals surface area contributed by atoms with E-state index in [-0.39, 0.29) is 0 Å². The molecule has 4 heteroatoms. The first kappa shape index (κ1) is 16.5. The highest BCUT2D eigenvalue weighted by Gasteiger charge is 2.16. The van der Waals surface area contributed by atoms with E-state index in [1.807, 2.05) is 12.1 Å². The zero-order chi connectivity index (χ0) is 17.1. The van der Waals surface area contributed by atoms with Crippen LogP contribution in [0.4, 0.5) is 5.00 Å². The Kier molecular flexibility index (Phi) is 4.86. The molecule has 0 saturated carbocycles. The molecule has 2 aromatic carbocycles. The van der Waals surface area contributed by atoms with Gasteiger partial charge in [-0.05, 0) is 28.3 Å². The van der Waals surface area contributed by atoms with Gasteiger partial charge in [-0.15, -0.1) is 11.3 Å². The van der Waals surface area contributed by atoms with Crippen molar-refractivity contribution >= 4 is 33.1 Å². The second-order valence-corrected chi connectivity index (χ2v) is 7.49. The minimum atomic E-state index is -0.873. The van der Waals surface area contributed by atoms with Gasteiger partial charge in [-0.2, -0.15) is 0 Å². The Hall–Kier alpha value is -2.33. The number of fused-ring (bicyclic) bond motifs is 1. The molecule has 0 unspecified atom stereocenters. The summed E-state index contributed by atoms with van der Waals surface area (Å²) < 4.78 is 0. The first-order valence-electron chi connectivity index (χ1n) is 8.11. The Labute approximate surface area is 146 Å². The van der Waals surface area contributed by atoms with Gasteiger partial charge < -0.3 is 10.4 Å². The molecule has 124 valence electrons. The number of anilines is 1. The second-order valence-electron chi connectivity index (χ2n) is 6.35. The van der Waals surface area contributed by atoms with E-state index in [9.17, 15) is 9.90 Å². The summed E-state index contributed by atoms with van der Waals surface area (Å²) in [5.74, 6) is -0.406. The van der Waals surface area contributed by atoms with Crippen molar-refractivity contribution in [1.82, 2.24) is 0 Å². The number of hydrogen-bond acceptors (Lipinski definition) is 3. The second kappa shape index (κ2) is 7.05. The molecule has 1 heterocycles. The summed E-state index contributed by atoms with van der Waals surface area (Å²) >= 11 is 1.54. The molecule has 3 nitrogen and oxygen atoms in total. The standard InChI is InChI=1S/C20H21NO2S/c1-13(2)12-21-19-18(20(22)23)11-16(24-19)10-15-8-5-7-14-6-3-4-9-17(14)15/h3-9,11,13,21H,10,12H2,1-2H3,(H,22,23). The lowest BCUT2D eigenvalue weighted by Gasteiger charge is -2.07. The van der Waals surface area contributed by atoms with Crippen LogP contribution in [0.15, 0.2) is 48.5 Å². The van der Waals surface area contributed by atoms with Crippen LogP contribution in [0.3, 0.4) is 0 Å². The van der Waals surface area contributed by atoms with Crippen LogP contribution in [0, 0.1) is 5.92 Å². The van der Waals surface area contributed by atoms with Gasteiger partial charge in [-0.1, -0.05) is 56.3 Å². The number of benzene rings is 2. The molecule has 3 rings (SSSR count). The normalized spacial score (nSPS) is 11.1. The maximum Gasteiger partial charge on any atom is 0.338 e. The Morgan fingerprint density at radius 3 is 2.67 bits per heavy atom. The van der Waals surface area contributed by atoms with Gasteiger partial charge in [0.2, 0.25) is 0 Å². The molecule has 24 heavy (non-hydrogen) atoms. The van der Waals surface area contributed by atoms with E-state index in [0.29, 0.717) is 11.5 Å². The van der Waals surface area contributed by atoms with E-state index in [1.165, 1.54) is 16.3 Å². The van der Waals surface area contributed by atoms with Crippen LogP contribution in [0.2, 0.25) is 0 Å². The minimum absolute atomic E-state index is 0.371.